The highest BCUT2D eigenvalue weighted by atomic mass is 35.5. The molecule has 1 nitrogen and oxygen atoms in total. The number of halogens is 1. The van der Waals surface area contributed by atoms with E-state index >= 15 is 0 Å². The van der Waals surface area contributed by atoms with E-state index in [4.69, 9.17) is 0 Å². The molecule has 2 heteroatoms. The van der Waals surface area contributed by atoms with Crippen LogP contribution in [-0.2, 0) is 0 Å². The first-order chi connectivity index (χ1) is 7.40. The first-order valence-corrected chi connectivity index (χ1v) is 6.24. The lowest BCUT2D eigenvalue weighted by molar-refractivity contribution is -0.382. The van der Waals surface area contributed by atoms with E-state index in [2.05, 4.69) is 36.1 Å². The van der Waals surface area contributed by atoms with Crippen molar-refractivity contribution in [2.45, 2.75) is 25.2 Å². The zero-order valence-electron chi connectivity index (χ0n) is 9.61. The summed E-state index contributed by atoms with van der Waals surface area (Å²) in [5.41, 5.74) is 5.73. The molecule has 0 spiro atoms. The monoisotopic (exact) mass is 237 g/mol. The molecule has 2 saturated carbocycles. The normalized spacial score (nSPS) is 36.1. The molecule has 0 aliphatic heterocycles. The largest absolute Gasteiger partial charge is 1.00 e. The summed E-state index contributed by atoms with van der Waals surface area (Å²) in [6.07, 6.45) is 4.40. The van der Waals surface area contributed by atoms with Crippen molar-refractivity contribution in [3.8, 4) is 0 Å². The van der Waals surface area contributed by atoms with Crippen molar-refractivity contribution in [1.29, 1.82) is 0 Å². The minimum atomic E-state index is 0. The van der Waals surface area contributed by atoms with E-state index < -0.39 is 0 Å². The Morgan fingerprint density at radius 2 is 1.75 bits per heavy atom. The summed E-state index contributed by atoms with van der Waals surface area (Å²) in [5.74, 6) is 3.63. The SMILES string of the molecule is [Cl-].[NH3+]C[C@H]1[C@@H]2CC[C@@H](C2)[C@@H]1c1ccccc1. The van der Waals surface area contributed by atoms with Gasteiger partial charge in [-0.2, -0.15) is 0 Å². The lowest BCUT2D eigenvalue weighted by Crippen LogP contribution is -3.00. The Hall–Kier alpha value is -0.530. The Bertz CT molecular complexity index is 338. The molecule has 2 fully saturated rings. The maximum atomic E-state index is 4.16. The molecule has 0 amide bonds. The van der Waals surface area contributed by atoms with Gasteiger partial charge in [0.1, 0.15) is 0 Å². The minimum absolute atomic E-state index is 0. The summed E-state index contributed by atoms with van der Waals surface area (Å²) >= 11 is 0. The van der Waals surface area contributed by atoms with Gasteiger partial charge in [-0.05, 0) is 42.6 Å². The Balaban J connectivity index is 0.000000963. The second-order valence-electron chi connectivity index (χ2n) is 5.22. The van der Waals surface area contributed by atoms with Crippen LogP contribution in [-0.4, -0.2) is 6.54 Å². The molecule has 4 atom stereocenters. The van der Waals surface area contributed by atoms with Crippen LogP contribution in [0.15, 0.2) is 30.3 Å². The molecule has 0 saturated heterocycles. The molecule has 0 heterocycles. The Kier molecular flexibility index (Phi) is 3.56. The average Bonchev–Trinajstić information content (AvgIpc) is 2.89. The molecule has 2 bridgehead atoms. The summed E-state index contributed by atoms with van der Waals surface area (Å²) in [7, 11) is 0. The highest BCUT2D eigenvalue weighted by Crippen LogP contribution is 2.55. The van der Waals surface area contributed by atoms with E-state index in [0.717, 1.165) is 30.2 Å². The molecular formula is C14H20ClN. The van der Waals surface area contributed by atoms with Gasteiger partial charge in [-0.25, -0.2) is 0 Å². The number of fused-ring (bicyclic) bond motifs is 2. The first kappa shape index (κ1) is 11.9. The zero-order chi connectivity index (χ0) is 10.3. The Morgan fingerprint density at radius 1 is 1.06 bits per heavy atom. The summed E-state index contributed by atoms with van der Waals surface area (Å²) in [6, 6.07) is 11.1. The molecule has 3 N–H and O–H groups in total. The summed E-state index contributed by atoms with van der Waals surface area (Å²) in [4.78, 5) is 0. The van der Waals surface area contributed by atoms with Crippen molar-refractivity contribution in [2.24, 2.45) is 17.8 Å². The topological polar surface area (TPSA) is 27.6 Å². The third-order valence-corrected chi connectivity index (χ3v) is 4.61. The fraction of sp³-hybridized carbons (Fsp3) is 0.571. The second kappa shape index (κ2) is 4.77. The number of hydrogen-bond donors (Lipinski definition) is 1. The lowest BCUT2D eigenvalue weighted by atomic mass is 9.75. The highest BCUT2D eigenvalue weighted by Gasteiger charge is 2.48. The average molecular weight is 238 g/mol. The van der Waals surface area contributed by atoms with E-state index in [-0.39, 0.29) is 12.4 Å². The van der Waals surface area contributed by atoms with Crippen LogP contribution < -0.4 is 18.1 Å². The van der Waals surface area contributed by atoms with Crippen LogP contribution in [0.2, 0.25) is 0 Å². The fourth-order valence-corrected chi connectivity index (χ4v) is 4.02. The van der Waals surface area contributed by atoms with Gasteiger partial charge in [-0.15, -0.1) is 0 Å². The number of benzene rings is 1. The summed E-state index contributed by atoms with van der Waals surface area (Å²) in [5, 5.41) is 0. The van der Waals surface area contributed by atoms with Crippen LogP contribution in [0.4, 0.5) is 0 Å². The molecular weight excluding hydrogens is 218 g/mol. The van der Waals surface area contributed by atoms with Gasteiger partial charge < -0.3 is 18.1 Å². The third kappa shape index (κ3) is 1.76. The molecule has 1 aromatic carbocycles. The number of quaternary nitrogens is 1. The van der Waals surface area contributed by atoms with Gasteiger partial charge >= 0.3 is 0 Å². The van der Waals surface area contributed by atoms with Crippen LogP contribution in [0.5, 0.6) is 0 Å². The fourth-order valence-electron chi connectivity index (χ4n) is 4.02. The standard InChI is InChI=1S/C14H19N.ClH/c15-9-13-11-6-7-12(8-11)14(13)10-4-2-1-3-5-10;/h1-5,11-14H,6-9,15H2;1H/t11-,12+,13+,14+;/m1./s1. The quantitative estimate of drug-likeness (QED) is 0.688. The molecule has 3 rings (SSSR count). The maximum absolute atomic E-state index is 4.16. The van der Waals surface area contributed by atoms with Gasteiger partial charge in [-0.1, -0.05) is 30.3 Å². The van der Waals surface area contributed by atoms with E-state index in [0.29, 0.717) is 0 Å². The van der Waals surface area contributed by atoms with Crippen molar-refractivity contribution in [3.63, 3.8) is 0 Å². The van der Waals surface area contributed by atoms with Crippen molar-refractivity contribution in [2.75, 3.05) is 6.54 Å². The molecule has 1 aromatic rings. The van der Waals surface area contributed by atoms with E-state index in [9.17, 15) is 0 Å². The van der Waals surface area contributed by atoms with Crippen LogP contribution in [0, 0.1) is 17.8 Å². The van der Waals surface area contributed by atoms with Crippen molar-refractivity contribution in [1.82, 2.24) is 0 Å². The third-order valence-electron chi connectivity index (χ3n) is 4.61. The molecule has 0 aromatic heterocycles. The zero-order valence-corrected chi connectivity index (χ0v) is 10.4. The van der Waals surface area contributed by atoms with Crippen LogP contribution in [0.1, 0.15) is 30.7 Å². The Labute approximate surface area is 104 Å². The van der Waals surface area contributed by atoms with Gasteiger partial charge in [0.25, 0.3) is 0 Å². The predicted octanol–water partition coefficient (Wildman–Crippen LogP) is -0.938. The highest BCUT2D eigenvalue weighted by molar-refractivity contribution is 5.24. The van der Waals surface area contributed by atoms with Crippen molar-refractivity contribution >= 4 is 0 Å². The van der Waals surface area contributed by atoms with Gasteiger partial charge in [0, 0.05) is 5.92 Å². The number of hydrogen-bond acceptors (Lipinski definition) is 0. The van der Waals surface area contributed by atoms with Crippen molar-refractivity contribution in [3.05, 3.63) is 35.9 Å². The van der Waals surface area contributed by atoms with Crippen LogP contribution in [0.3, 0.4) is 0 Å². The second-order valence-corrected chi connectivity index (χ2v) is 5.22. The lowest BCUT2D eigenvalue weighted by Gasteiger charge is -2.29. The van der Waals surface area contributed by atoms with Gasteiger partial charge in [0.2, 0.25) is 0 Å². The smallest absolute Gasteiger partial charge is 0.0777 e. The molecule has 2 aliphatic rings. The Morgan fingerprint density at radius 3 is 2.44 bits per heavy atom. The molecule has 0 unspecified atom stereocenters. The molecule has 0 radical (unpaired) electrons. The molecule has 2 aliphatic carbocycles. The van der Waals surface area contributed by atoms with Gasteiger partial charge in [0.15, 0.2) is 0 Å². The molecule has 16 heavy (non-hydrogen) atoms. The first-order valence-electron chi connectivity index (χ1n) is 6.24. The summed E-state index contributed by atoms with van der Waals surface area (Å²) < 4.78 is 0. The number of rotatable bonds is 2. The van der Waals surface area contributed by atoms with E-state index in [1.54, 1.807) is 5.56 Å². The van der Waals surface area contributed by atoms with Crippen molar-refractivity contribution < 1.29 is 18.1 Å². The predicted molar refractivity (Wildman–Crippen MR) is 61.3 cm³/mol. The van der Waals surface area contributed by atoms with Gasteiger partial charge in [0.05, 0.1) is 6.54 Å². The van der Waals surface area contributed by atoms with Crippen LogP contribution in [0.25, 0.3) is 0 Å². The minimum Gasteiger partial charge on any atom is -1.00 e. The van der Waals surface area contributed by atoms with E-state index in [1.807, 2.05) is 0 Å². The molecule has 88 valence electrons. The van der Waals surface area contributed by atoms with Gasteiger partial charge in [-0.3, -0.25) is 0 Å². The summed E-state index contributed by atoms with van der Waals surface area (Å²) in [6.45, 7) is 1.13. The van der Waals surface area contributed by atoms with E-state index in [1.165, 1.54) is 19.3 Å². The van der Waals surface area contributed by atoms with Crippen LogP contribution >= 0.6 is 0 Å². The maximum Gasteiger partial charge on any atom is 0.0777 e.